The highest BCUT2D eigenvalue weighted by Crippen LogP contribution is 2.78. The monoisotopic (exact) mass is 694 g/mol. The van der Waals surface area contributed by atoms with Gasteiger partial charge in [-0.25, -0.2) is 0 Å². The normalized spacial score (nSPS) is 37.9. The third kappa shape index (κ3) is 4.84. The SMILES string of the molecule is COc1ccc(C2C3CCC4CCC5C(c6ccc(OC)cc6)C(c6ccc(OC)cc6)C6CCC(C2c2ccc(OC)cc2)C2C3C4C5C62)cc1. The second-order valence-corrected chi connectivity index (χ2v) is 17.2. The Labute approximate surface area is 310 Å². The number of methoxy groups -OCH3 is 4. The summed E-state index contributed by atoms with van der Waals surface area (Å²) < 4.78 is 22.7. The predicted octanol–water partition coefficient (Wildman–Crippen LogP) is 10.7. The van der Waals surface area contributed by atoms with E-state index in [0.29, 0.717) is 47.3 Å². The molecule has 4 aromatic carbocycles. The standard InChI is InChI=1S/C48H54O4/c1-49-32-15-5-27(6-16-32)40-36-23-13-31-14-24-37-41(28-7-17-33(50-2)18-8-28)43(30-11-21-35(52-4)22-12-30)39-26-25-38(47-45(36)44(31)46(37)48(39)47)42(40)29-9-19-34(51-3)20-10-29/h5-12,15-22,31,36-48H,13-14,23-26H2,1-4H3. The molecule has 4 aromatic rings. The van der Waals surface area contributed by atoms with Gasteiger partial charge in [-0.15, -0.1) is 0 Å². The molecule has 52 heavy (non-hydrogen) atoms. The van der Waals surface area contributed by atoms with Crippen molar-refractivity contribution in [2.45, 2.75) is 62.2 Å². The van der Waals surface area contributed by atoms with E-state index in [1.54, 1.807) is 28.4 Å². The summed E-state index contributed by atoms with van der Waals surface area (Å²) in [6.45, 7) is 0. The maximum Gasteiger partial charge on any atom is 0.118 e. The highest BCUT2D eigenvalue weighted by atomic mass is 16.5. The predicted molar refractivity (Wildman–Crippen MR) is 206 cm³/mol. The van der Waals surface area contributed by atoms with E-state index in [9.17, 15) is 0 Å². The van der Waals surface area contributed by atoms with Crippen LogP contribution in [0.4, 0.5) is 0 Å². The van der Waals surface area contributed by atoms with Crippen molar-refractivity contribution >= 4 is 0 Å². The van der Waals surface area contributed by atoms with Crippen LogP contribution in [0.2, 0.25) is 0 Å². The van der Waals surface area contributed by atoms with Crippen molar-refractivity contribution in [2.24, 2.45) is 59.2 Å². The smallest absolute Gasteiger partial charge is 0.118 e. The molecule has 4 heteroatoms. The minimum atomic E-state index is 0.514. The summed E-state index contributed by atoms with van der Waals surface area (Å²) in [5, 5.41) is 0. The fourth-order valence-corrected chi connectivity index (χ4v) is 14.6. The summed E-state index contributed by atoms with van der Waals surface area (Å²) in [5.41, 5.74) is 6.10. The van der Waals surface area contributed by atoms with Crippen molar-refractivity contribution in [2.75, 3.05) is 28.4 Å². The van der Waals surface area contributed by atoms with Crippen LogP contribution in [0.3, 0.4) is 0 Å². The van der Waals surface area contributed by atoms with Gasteiger partial charge in [0.2, 0.25) is 0 Å². The lowest BCUT2D eigenvalue weighted by molar-refractivity contribution is -0.0498. The zero-order valence-electron chi connectivity index (χ0n) is 31.2. The Morgan fingerprint density at radius 3 is 0.788 bits per heavy atom. The fraction of sp³-hybridized carbons (Fsp3) is 0.500. The average Bonchev–Trinajstić information content (AvgIpc) is 3.58. The molecule has 0 N–H and O–H groups in total. The van der Waals surface area contributed by atoms with Crippen LogP contribution in [0, 0.1) is 59.2 Å². The number of hydrogen-bond acceptors (Lipinski definition) is 4. The Kier molecular flexibility index (Phi) is 8.11. The lowest BCUT2D eigenvalue weighted by Gasteiger charge is -2.59. The van der Waals surface area contributed by atoms with Gasteiger partial charge < -0.3 is 18.9 Å². The molecule has 0 spiro atoms. The molecule has 0 heterocycles. The van der Waals surface area contributed by atoms with E-state index in [4.69, 9.17) is 18.9 Å². The maximum atomic E-state index is 5.69. The first-order chi connectivity index (χ1) is 25.6. The van der Waals surface area contributed by atoms with E-state index in [-0.39, 0.29) is 0 Å². The lowest BCUT2D eigenvalue weighted by Crippen LogP contribution is -2.51. The zero-order valence-corrected chi connectivity index (χ0v) is 31.2. The molecule has 10 rings (SSSR count). The zero-order chi connectivity index (χ0) is 35.1. The van der Waals surface area contributed by atoms with Crippen LogP contribution in [0.1, 0.15) is 84.5 Å². The largest absolute Gasteiger partial charge is 0.497 e. The number of benzene rings is 4. The van der Waals surface area contributed by atoms with Crippen molar-refractivity contribution in [3.8, 4) is 23.0 Å². The third-order valence-corrected chi connectivity index (χ3v) is 15.9. The molecule has 0 amide bonds. The Balaban J connectivity index is 1.14. The second-order valence-electron chi connectivity index (χ2n) is 17.2. The minimum absolute atomic E-state index is 0.514. The average molecular weight is 695 g/mol. The van der Waals surface area contributed by atoms with Crippen LogP contribution in [0.15, 0.2) is 97.1 Å². The van der Waals surface area contributed by atoms with Crippen LogP contribution in [0.5, 0.6) is 23.0 Å². The van der Waals surface area contributed by atoms with Gasteiger partial charge in [-0.3, -0.25) is 0 Å². The Bertz CT molecular complexity index is 1730. The summed E-state index contributed by atoms with van der Waals surface area (Å²) in [6.07, 6.45) is 8.18. The van der Waals surface area contributed by atoms with Gasteiger partial charge in [0.05, 0.1) is 28.4 Å². The molecule has 4 nitrogen and oxygen atoms in total. The molecule has 6 fully saturated rings. The second kappa shape index (κ2) is 12.9. The first kappa shape index (κ1) is 32.7. The van der Waals surface area contributed by atoms with E-state index in [0.717, 1.165) is 58.5 Å². The van der Waals surface area contributed by atoms with E-state index in [1.165, 1.54) is 60.8 Å². The number of rotatable bonds is 8. The fourth-order valence-electron chi connectivity index (χ4n) is 14.6. The Morgan fingerprint density at radius 1 is 0.308 bits per heavy atom. The van der Waals surface area contributed by atoms with E-state index in [1.807, 2.05) is 0 Å². The van der Waals surface area contributed by atoms with Crippen molar-refractivity contribution in [3.63, 3.8) is 0 Å². The first-order valence-electron chi connectivity index (χ1n) is 20.2. The molecular weight excluding hydrogens is 641 g/mol. The van der Waals surface area contributed by atoms with Gasteiger partial charge in [0.25, 0.3) is 0 Å². The van der Waals surface area contributed by atoms with Gasteiger partial charge in [-0.05, 0) is 192 Å². The molecule has 12 unspecified atom stereocenters. The molecule has 0 aliphatic heterocycles. The molecule has 0 aromatic heterocycles. The Morgan fingerprint density at radius 2 is 0.538 bits per heavy atom. The number of ether oxygens (including phenoxy) is 4. The van der Waals surface area contributed by atoms with Gasteiger partial charge in [0.15, 0.2) is 0 Å². The molecule has 12 atom stereocenters. The molecule has 6 aliphatic rings. The van der Waals surface area contributed by atoms with Crippen molar-refractivity contribution in [3.05, 3.63) is 119 Å². The topological polar surface area (TPSA) is 36.9 Å². The minimum Gasteiger partial charge on any atom is -0.497 e. The summed E-state index contributed by atoms with van der Waals surface area (Å²) in [4.78, 5) is 0. The van der Waals surface area contributed by atoms with Crippen molar-refractivity contribution in [1.82, 2.24) is 0 Å². The van der Waals surface area contributed by atoms with Gasteiger partial charge in [0.1, 0.15) is 23.0 Å². The highest BCUT2D eigenvalue weighted by Gasteiger charge is 2.71. The van der Waals surface area contributed by atoms with Crippen LogP contribution in [0.25, 0.3) is 0 Å². The van der Waals surface area contributed by atoms with Gasteiger partial charge >= 0.3 is 0 Å². The summed E-state index contributed by atoms with van der Waals surface area (Å²) in [7, 11) is 7.16. The van der Waals surface area contributed by atoms with Crippen molar-refractivity contribution < 1.29 is 18.9 Å². The molecular formula is C48H54O4. The van der Waals surface area contributed by atoms with Gasteiger partial charge in [-0.2, -0.15) is 0 Å². The maximum absolute atomic E-state index is 5.69. The van der Waals surface area contributed by atoms with E-state index in [2.05, 4.69) is 97.1 Å². The third-order valence-electron chi connectivity index (χ3n) is 15.9. The van der Waals surface area contributed by atoms with Crippen LogP contribution in [-0.2, 0) is 0 Å². The van der Waals surface area contributed by atoms with Gasteiger partial charge in [-0.1, -0.05) is 48.5 Å². The molecule has 0 saturated heterocycles. The molecule has 6 saturated carbocycles. The first-order valence-corrected chi connectivity index (χ1v) is 20.2. The molecule has 0 bridgehead atoms. The van der Waals surface area contributed by atoms with Crippen LogP contribution >= 0.6 is 0 Å². The lowest BCUT2D eigenvalue weighted by atomic mass is 9.45. The summed E-state index contributed by atoms with van der Waals surface area (Å²) >= 11 is 0. The van der Waals surface area contributed by atoms with E-state index >= 15 is 0 Å². The quantitative estimate of drug-likeness (QED) is 0.184. The molecule has 0 radical (unpaired) electrons. The Hall–Kier alpha value is -3.92. The molecule has 270 valence electrons. The molecule has 6 aliphatic carbocycles. The summed E-state index contributed by atoms with van der Waals surface area (Å²) in [6, 6.07) is 37.1. The van der Waals surface area contributed by atoms with Crippen LogP contribution < -0.4 is 18.9 Å². The van der Waals surface area contributed by atoms with Gasteiger partial charge in [0, 0.05) is 0 Å². The summed E-state index contributed by atoms with van der Waals surface area (Å²) in [5.74, 6) is 13.7. The highest BCUT2D eigenvalue weighted by molar-refractivity contribution is 5.42. The van der Waals surface area contributed by atoms with E-state index < -0.39 is 0 Å². The number of hydrogen-bond donors (Lipinski definition) is 0. The van der Waals surface area contributed by atoms with Crippen molar-refractivity contribution in [1.29, 1.82) is 0 Å². The van der Waals surface area contributed by atoms with Crippen LogP contribution in [-0.4, -0.2) is 28.4 Å².